The highest BCUT2D eigenvalue weighted by Crippen LogP contribution is 1.96. The van der Waals surface area contributed by atoms with Crippen LogP contribution in [0, 0.1) is 5.82 Å². The lowest BCUT2D eigenvalue weighted by molar-refractivity contribution is 0.0519. The molecule has 1 heterocycles. The van der Waals surface area contributed by atoms with Gasteiger partial charge >= 0.3 is 5.97 Å². The first-order valence-electron chi connectivity index (χ1n) is 3.71. The minimum Gasteiger partial charge on any atom is -0.461 e. The highest BCUT2D eigenvalue weighted by molar-refractivity contribution is 5.87. The summed E-state index contributed by atoms with van der Waals surface area (Å²) in [6, 6.07) is 2.08. The second kappa shape index (κ2) is 3.84. The maximum Gasteiger partial charge on any atom is 0.354 e. The van der Waals surface area contributed by atoms with E-state index in [4.69, 9.17) is 0 Å². The molecular weight excluding hydrogens is 177 g/mol. The van der Waals surface area contributed by atoms with Gasteiger partial charge in [-0.1, -0.05) is 0 Å². The quantitative estimate of drug-likeness (QED) is 0.689. The second-order valence-corrected chi connectivity index (χ2v) is 2.27. The lowest BCUT2D eigenvalue weighted by Gasteiger charge is -1.99. The molecule has 0 spiro atoms. The van der Waals surface area contributed by atoms with Crippen LogP contribution in [0.2, 0.25) is 0 Å². The van der Waals surface area contributed by atoms with Gasteiger partial charge in [-0.2, -0.15) is 0 Å². The molecule has 0 aliphatic heterocycles. The topological polar surface area (TPSA) is 59.2 Å². The number of ether oxygens (including phenoxy) is 1. The zero-order valence-electron chi connectivity index (χ0n) is 6.96. The summed E-state index contributed by atoms with van der Waals surface area (Å²) in [6.07, 6.45) is 0. The molecule has 70 valence electrons. The van der Waals surface area contributed by atoms with E-state index in [0.717, 1.165) is 12.1 Å². The lowest BCUT2D eigenvalue weighted by atomic mass is 10.3. The van der Waals surface area contributed by atoms with Gasteiger partial charge in [0.15, 0.2) is 5.82 Å². The predicted molar refractivity (Wildman–Crippen MR) is 43.0 cm³/mol. The summed E-state index contributed by atoms with van der Waals surface area (Å²) in [7, 11) is 0. The molecule has 0 saturated carbocycles. The minimum atomic E-state index is -0.925. The van der Waals surface area contributed by atoms with Gasteiger partial charge < -0.3 is 9.72 Å². The molecule has 0 fully saturated rings. The Morgan fingerprint density at radius 3 is 2.85 bits per heavy atom. The van der Waals surface area contributed by atoms with E-state index in [-0.39, 0.29) is 12.3 Å². The number of pyridine rings is 1. The van der Waals surface area contributed by atoms with E-state index in [2.05, 4.69) is 9.72 Å². The first-order valence-corrected chi connectivity index (χ1v) is 3.71. The van der Waals surface area contributed by atoms with Gasteiger partial charge in [0.2, 0.25) is 0 Å². The summed E-state index contributed by atoms with van der Waals surface area (Å²) in [6.45, 7) is 1.85. The third-order valence-corrected chi connectivity index (χ3v) is 1.36. The fourth-order valence-electron chi connectivity index (χ4n) is 0.784. The smallest absolute Gasteiger partial charge is 0.354 e. The number of aromatic amines is 1. The van der Waals surface area contributed by atoms with Gasteiger partial charge in [-0.15, -0.1) is 0 Å². The van der Waals surface area contributed by atoms with Gasteiger partial charge in [-0.25, -0.2) is 9.18 Å². The molecule has 0 atom stereocenters. The Morgan fingerprint density at radius 1 is 1.62 bits per heavy atom. The molecule has 0 aliphatic rings. The number of carbonyl (C=O) groups is 1. The zero-order chi connectivity index (χ0) is 9.84. The van der Waals surface area contributed by atoms with Crippen LogP contribution in [-0.2, 0) is 4.74 Å². The Labute approximate surface area is 73.3 Å². The number of hydrogen-bond acceptors (Lipinski definition) is 3. The summed E-state index contributed by atoms with van der Waals surface area (Å²) >= 11 is 0. The normalized spacial score (nSPS) is 9.69. The van der Waals surface area contributed by atoms with Crippen molar-refractivity contribution in [3.63, 3.8) is 0 Å². The highest BCUT2D eigenvalue weighted by Gasteiger charge is 2.08. The number of hydrogen-bond donors (Lipinski definition) is 1. The molecule has 0 aromatic carbocycles. The van der Waals surface area contributed by atoms with Gasteiger partial charge in [0.05, 0.1) is 6.61 Å². The molecule has 0 saturated heterocycles. The van der Waals surface area contributed by atoms with Crippen LogP contribution in [0.5, 0.6) is 0 Å². The summed E-state index contributed by atoms with van der Waals surface area (Å²) in [4.78, 5) is 23.8. The van der Waals surface area contributed by atoms with Crippen LogP contribution in [0.4, 0.5) is 4.39 Å². The Bertz CT molecular complexity index is 372. The summed E-state index contributed by atoms with van der Waals surface area (Å²) in [5, 5.41) is 0. The zero-order valence-corrected chi connectivity index (χ0v) is 6.96. The highest BCUT2D eigenvalue weighted by atomic mass is 19.1. The van der Waals surface area contributed by atoms with Crippen molar-refractivity contribution >= 4 is 5.97 Å². The molecule has 0 unspecified atom stereocenters. The predicted octanol–water partition coefficient (Wildman–Crippen LogP) is 0.691. The van der Waals surface area contributed by atoms with Crippen molar-refractivity contribution in [2.75, 3.05) is 6.61 Å². The lowest BCUT2D eigenvalue weighted by Crippen LogP contribution is -2.17. The first kappa shape index (κ1) is 9.44. The molecule has 1 N–H and O–H groups in total. The fraction of sp³-hybridized carbons (Fsp3) is 0.250. The SMILES string of the molecule is CCOC(=O)c1ccc(F)c(=O)[nH]1. The molecule has 1 aromatic heterocycles. The second-order valence-electron chi connectivity index (χ2n) is 2.27. The third kappa shape index (κ3) is 2.14. The molecule has 5 heteroatoms. The van der Waals surface area contributed by atoms with Crippen molar-refractivity contribution < 1.29 is 13.9 Å². The fourth-order valence-corrected chi connectivity index (χ4v) is 0.784. The Balaban J connectivity index is 2.97. The van der Waals surface area contributed by atoms with Crippen molar-refractivity contribution in [2.45, 2.75) is 6.92 Å². The maximum atomic E-state index is 12.5. The van der Waals surface area contributed by atoms with Crippen molar-refractivity contribution in [1.82, 2.24) is 4.98 Å². The molecule has 1 rings (SSSR count). The number of nitrogens with one attached hydrogen (secondary N) is 1. The van der Waals surface area contributed by atoms with Crippen molar-refractivity contribution in [2.24, 2.45) is 0 Å². The van der Waals surface area contributed by atoms with E-state index in [1.807, 2.05) is 0 Å². The Morgan fingerprint density at radius 2 is 2.31 bits per heavy atom. The molecule has 0 aliphatic carbocycles. The van der Waals surface area contributed by atoms with Crippen LogP contribution in [-0.4, -0.2) is 17.6 Å². The molecule has 0 bridgehead atoms. The van der Waals surface area contributed by atoms with E-state index in [1.165, 1.54) is 0 Å². The van der Waals surface area contributed by atoms with Crippen LogP contribution in [0.15, 0.2) is 16.9 Å². The number of carbonyl (C=O) groups excluding carboxylic acids is 1. The summed E-state index contributed by atoms with van der Waals surface area (Å²) in [5.41, 5.74) is -0.973. The average molecular weight is 185 g/mol. The van der Waals surface area contributed by atoms with E-state index in [0.29, 0.717) is 0 Å². The van der Waals surface area contributed by atoms with Crippen molar-refractivity contribution in [1.29, 1.82) is 0 Å². The van der Waals surface area contributed by atoms with Gasteiger partial charge in [0.1, 0.15) is 5.69 Å². The maximum absolute atomic E-state index is 12.5. The Kier molecular flexibility index (Phi) is 2.79. The van der Waals surface area contributed by atoms with Crippen LogP contribution in [0.25, 0.3) is 0 Å². The van der Waals surface area contributed by atoms with Crippen molar-refractivity contribution in [3.05, 3.63) is 34.0 Å². The van der Waals surface area contributed by atoms with E-state index in [1.54, 1.807) is 6.92 Å². The van der Waals surface area contributed by atoms with Crippen LogP contribution in [0.1, 0.15) is 17.4 Å². The molecule has 13 heavy (non-hydrogen) atoms. The van der Waals surface area contributed by atoms with Gasteiger partial charge in [-0.3, -0.25) is 4.79 Å². The first-order chi connectivity index (χ1) is 6.15. The van der Waals surface area contributed by atoms with Gasteiger partial charge in [-0.05, 0) is 19.1 Å². The average Bonchev–Trinajstić information content (AvgIpc) is 2.10. The molecule has 4 nitrogen and oxygen atoms in total. The standard InChI is InChI=1S/C8H8FNO3/c1-2-13-8(12)6-4-3-5(9)7(11)10-6/h3-4H,2H2,1H3,(H,10,11). The summed E-state index contributed by atoms with van der Waals surface area (Å²) < 4.78 is 17.0. The Hall–Kier alpha value is -1.65. The minimum absolute atomic E-state index is 0.0479. The van der Waals surface area contributed by atoms with Crippen molar-refractivity contribution in [3.8, 4) is 0 Å². The molecular formula is C8H8FNO3. The number of aromatic nitrogens is 1. The van der Waals surface area contributed by atoms with Crippen LogP contribution < -0.4 is 5.56 Å². The monoisotopic (exact) mass is 185 g/mol. The largest absolute Gasteiger partial charge is 0.461 e. The van der Waals surface area contributed by atoms with E-state index in [9.17, 15) is 14.0 Å². The number of esters is 1. The van der Waals surface area contributed by atoms with Gasteiger partial charge in [0.25, 0.3) is 5.56 Å². The number of halogens is 1. The van der Waals surface area contributed by atoms with Crippen LogP contribution >= 0.6 is 0 Å². The molecule has 0 amide bonds. The molecule has 0 radical (unpaired) electrons. The third-order valence-electron chi connectivity index (χ3n) is 1.36. The molecule has 1 aromatic rings. The van der Waals surface area contributed by atoms with Gasteiger partial charge in [0, 0.05) is 0 Å². The van der Waals surface area contributed by atoms with Crippen LogP contribution in [0.3, 0.4) is 0 Å². The summed E-state index contributed by atoms with van der Waals surface area (Å²) in [5.74, 6) is -1.59. The number of H-pyrrole nitrogens is 1. The van der Waals surface area contributed by atoms with E-state index >= 15 is 0 Å². The number of rotatable bonds is 2. The van der Waals surface area contributed by atoms with E-state index < -0.39 is 17.3 Å².